The number of hydrogen-bond acceptors (Lipinski definition) is 8. The van der Waals surface area contributed by atoms with Gasteiger partial charge in [0.1, 0.15) is 16.8 Å². The van der Waals surface area contributed by atoms with Gasteiger partial charge in [-0.2, -0.15) is 0 Å². The van der Waals surface area contributed by atoms with Gasteiger partial charge in [-0.05, 0) is 31.9 Å². The Hall–Kier alpha value is -4.47. The molecule has 0 saturated carbocycles. The molecule has 192 valence electrons. The highest BCUT2D eigenvalue weighted by Crippen LogP contribution is 2.36. The van der Waals surface area contributed by atoms with Crippen LogP contribution in [0.1, 0.15) is 47.1 Å². The van der Waals surface area contributed by atoms with E-state index in [9.17, 15) is 9.90 Å². The van der Waals surface area contributed by atoms with Crippen molar-refractivity contribution in [3.63, 3.8) is 0 Å². The van der Waals surface area contributed by atoms with E-state index in [1.165, 1.54) is 32.5 Å². The third-order valence-corrected chi connectivity index (χ3v) is 5.81. The third kappa shape index (κ3) is 4.95. The minimum absolute atomic E-state index is 0.0339. The molecule has 0 aliphatic carbocycles. The topological polar surface area (TPSA) is 116 Å². The first-order chi connectivity index (χ1) is 17.6. The van der Waals surface area contributed by atoms with Crippen LogP contribution in [0.25, 0.3) is 11.0 Å². The first-order valence-electron chi connectivity index (χ1n) is 11.5. The summed E-state index contributed by atoms with van der Waals surface area (Å²) in [6.45, 7) is 7.23. The first kappa shape index (κ1) is 25.6. The third-order valence-electron chi connectivity index (χ3n) is 5.81. The van der Waals surface area contributed by atoms with E-state index in [0.717, 1.165) is 6.07 Å². The van der Waals surface area contributed by atoms with Crippen LogP contribution in [-0.2, 0) is 0 Å². The molecular formula is C27H27FN4O5. The van der Waals surface area contributed by atoms with Crippen LogP contribution >= 0.6 is 0 Å². The highest BCUT2D eigenvalue weighted by atomic mass is 19.1. The molecule has 37 heavy (non-hydrogen) atoms. The number of ether oxygens (including phenoxy) is 3. The van der Waals surface area contributed by atoms with Crippen molar-refractivity contribution in [3.8, 4) is 28.9 Å². The lowest BCUT2D eigenvalue weighted by Gasteiger charge is -2.17. The molecule has 2 N–H and O–H groups in total. The Morgan fingerprint density at radius 2 is 1.76 bits per heavy atom. The largest absolute Gasteiger partial charge is 0.507 e. The minimum atomic E-state index is -0.714. The molecule has 0 aliphatic heterocycles. The van der Waals surface area contributed by atoms with Crippen molar-refractivity contribution in [1.82, 2.24) is 15.0 Å². The Balaban J connectivity index is 1.61. The molecule has 0 unspecified atom stereocenters. The smallest absolute Gasteiger partial charge is 0.261 e. The summed E-state index contributed by atoms with van der Waals surface area (Å²) in [6, 6.07) is 7.21. The standard InChI is InChI=1S/C27H27FN4O5/c1-13(2)22-14(3)30-15(4)23(25(22)33)26(34)31-16-7-8-19(17(28)11-16)37-20-9-10-29-18-12-21(35-5)27(36-6)32-24(18)20/h7-13H,1-6H3,(H,30,33)(H,31,34). The van der Waals surface area contributed by atoms with E-state index in [1.807, 2.05) is 13.8 Å². The number of methoxy groups -OCH3 is 2. The van der Waals surface area contributed by atoms with Crippen molar-refractivity contribution >= 4 is 22.6 Å². The molecule has 4 rings (SSSR count). The number of amides is 1. The number of fused-ring (bicyclic) bond motifs is 1. The van der Waals surface area contributed by atoms with Crippen LogP contribution in [0.4, 0.5) is 10.1 Å². The zero-order chi connectivity index (χ0) is 26.9. The molecule has 0 spiro atoms. The first-order valence-corrected chi connectivity index (χ1v) is 11.5. The van der Waals surface area contributed by atoms with E-state index in [0.29, 0.717) is 33.7 Å². The van der Waals surface area contributed by atoms with Crippen molar-refractivity contribution in [2.45, 2.75) is 33.6 Å². The van der Waals surface area contributed by atoms with Gasteiger partial charge in [0.05, 0.1) is 25.4 Å². The quantitative estimate of drug-likeness (QED) is 0.329. The van der Waals surface area contributed by atoms with Crippen LogP contribution in [-0.4, -0.2) is 40.2 Å². The van der Waals surface area contributed by atoms with Crippen molar-refractivity contribution in [1.29, 1.82) is 0 Å². The maximum Gasteiger partial charge on any atom is 0.261 e. The van der Waals surface area contributed by atoms with Crippen LogP contribution in [0, 0.1) is 19.7 Å². The molecule has 1 aromatic carbocycles. The number of aryl methyl sites for hydroxylation is 2. The maximum atomic E-state index is 15.0. The van der Waals surface area contributed by atoms with Gasteiger partial charge in [-0.25, -0.2) is 9.37 Å². The molecule has 0 radical (unpaired) electrons. The number of nitrogens with one attached hydrogen (secondary N) is 1. The second-order valence-corrected chi connectivity index (χ2v) is 8.65. The second-order valence-electron chi connectivity index (χ2n) is 8.65. The lowest BCUT2D eigenvalue weighted by atomic mass is 9.96. The van der Waals surface area contributed by atoms with Crippen molar-refractivity contribution in [2.75, 3.05) is 19.5 Å². The molecule has 10 heteroatoms. The fourth-order valence-corrected chi connectivity index (χ4v) is 4.17. The molecule has 4 aromatic rings. The van der Waals surface area contributed by atoms with E-state index in [-0.39, 0.29) is 40.3 Å². The number of anilines is 1. The van der Waals surface area contributed by atoms with Gasteiger partial charge >= 0.3 is 0 Å². The molecular weight excluding hydrogens is 479 g/mol. The molecule has 0 saturated heterocycles. The summed E-state index contributed by atoms with van der Waals surface area (Å²) in [7, 11) is 2.94. The average Bonchev–Trinajstić information content (AvgIpc) is 2.84. The van der Waals surface area contributed by atoms with Gasteiger partial charge < -0.3 is 24.6 Å². The van der Waals surface area contributed by atoms with Gasteiger partial charge in [-0.15, -0.1) is 0 Å². The Bertz CT molecular complexity index is 1510. The zero-order valence-corrected chi connectivity index (χ0v) is 21.3. The molecule has 3 heterocycles. The van der Waals surface area contributed by atoms with Gasteiger partial charge in [-0.1, -0.05) is 13.8 Å². The average molecular weight is 507 g/mol. The maximum absolute atomic E-state index is 15.0. The molecule has 1 amide bonds. The predicted molar refractivity (Wildman–Crippen MR) is 137 cm³/mol. The number of nitrogens with zero attached hydrogens (tertiary/aromatic N) is 3. The Labute approximate surface area is 213 Å². The fourth-order valence-electron chi connectivity index (χ4n) is 4.17. The Kier molecular flexibility index (Phi) is 7.10. The fraction of sp³-hybridized carbons (Fsp3) is 0.259. The summed E-state index contributed by atoms with van der Waals surface area (Å²) < 4.78 is 31.3. The van der Waals surface area contributed by atoms with Gasteiger partial charge in [0, 0.05) is 41.3 Å². The second kappa shape index (κ2) is 10.3. The number of rotatable bonds is 7. The number of carbonyl (C=O) groups is 1. The SMILES string of the molecule is COc1cc2nccc(Oc3ccc(NC(=O)c4c(C)nc(C)c(C(C)C)c4O)cc3F)c2nc1OC. The predicted octanol–water partition coefficient (Wildman–Crippen LogP) is 5.67. The Morgan fingerprint density at radius 3 is 2.41 bits per heavy atom. The number of hydrogen-bond donors (Lipinski definition) is 2. The van der Waals surface area contributed by atoms with Gasteiger partial charge in [-0.3, -0.25) is 14.8 Å². The summed E-state index contributed by atoms with van der Waals surface area (Å²) in [6.07, 6.45) is 1.51. The molecule has 0 bridgehead atoms. The summed E-state index contributed by atoms with van der Waals surface area (Å²) in [5, 5.41) is 13.4. The molecule has 0 aliphatic rings. The molecule has 9 nitrogen and oxygen atoms in total. The zero-order valence-electron chi connectivity index (χ0n) is 21.3. The van der Waals surface area contributed by atoms with Crippen LogP contribution in [0.2, 0.25) is 0 Å². The van der Waals surface area contributed by atoms with E-state index in [4.69, 9.17) is 14.2 Å². The highest BCUT2D eigenvalue weighted by molar-refractivity contribution is 6.07. The van der Waals surface area contributed by atoms with Crippen molar-refractivity contribution < 1.29 is 28.5 Å². The molecule has 3 aromatic heterocycles. The monoisotopic (exact) mass is 506 g/mol. The normalized spacial score (nSPS) is 11.0. The van der Waals surface area contributed by atoms with Crippen LogP contribution in [0.5, 0.6) is 28.9 Å². The number of halogens is 1. The summed E-state index contributed by atoms with van der Waals surface area (Å²) >= 11 is 0. The van der Waals surface area contributed by atoms with E-state index in [2.05, 4.69) is 20.3 Å². The minimum Gasteiger partial charge on any atom is -0.507 e. The molecule has 0 fully saturated rings. The summed E-state index contributed by atoms with van der Waals surface area (Å²) in [5.74, 6) is -0.658. The van der Waals surface area contributed by atoms with Crippen LogP contribution in [0.15, 0.2) is 36.5 Å². The number of pyridine rings is 3. The van der Waals surface area contributed by atoms with Crippen molar-refractivity contribution in [3.05, 3.63) is 64.9 Å². The lowest BCUT2D eigenvalue weighted by molar-refractivity contribution is 0.102. The highest BCUT2D eigenvalue weighted by Gasteiger charge is 2.23. The van der Waals surface area contributed by atoms with Gasteiger partial charge in [0.15, 0.2) is 23.1 Å². The van der Waals surface area contributed by atoms with Crippen LogP contribution < -0.4 is 19.5 Å². The number of aromatic nitrogens is 3. The van der Waals surface area contributed by atoms with E-state index in [1.54, 1.807) is 26.0 Å². The molecule has 0 atom stereocenters. The van der Waals surface area contributed by atoms with E-state index < -0.39 is 11.7 Å². The summed E-state index contributed by atoms with van der Waals surface area (Å²) in [4.78, 5) is 26.0. The number of benzene rings is 1. The Morgan fingerprint density at radius 1 is 1.00 bits per heavy atom. The van der Waals surface area contributed by atoms with Gasteiger partial charge in [0.25, 0.3) is 11.8 Å². The summed E-state index contributed by atoms with van der Waals surface area (Å²) in [5.41, 5.74) is 2.69. The van der Waals surface area contributed by atoms with E-state index >= 15 is 4.39 Å². The lowest BCUT2D eigenvalue weighted by Crippen LogP contribution is -2.16. The van der Waals surface area contributed by atoms with Crippen molar-refractivity contribution in [2.24, 2.45) is 0 Å². The number of carbonyl (C=O) groups excluding carboxylic acids is 1. The van der Waals surface area contributed by atoms with Gasteiger partial charge in [0.2, 0.25) is 0 Å². The number of aromatic hydroxyl groups is 1. The van der Waals surface area contributed by atoms with Crippen LogP contribution in [0.3, 0.4) is 0 Å².